The highest BCUT2D eigenvalue weighted by molar-refractivity contribution is 7.92. The molecule has 8 heteroatoms. The van der Waals surface area contributed by atoms with Crippen LogP contribution in [0.4, 0.5) is 0 Å². The standard InChI is InChI=1S/C15H23NO6S/c17-14(16-3-5-22-6-4-16)12-7-11(8-13(12)15(18)19)23(20,21)9-10-1-2-10/h10-13H,1-9H2,(H,18,19)/t11-,12-,13-/m1/s1. The second-order valence-corrected chi connectivity index (χ2v) is 9.18. The average molecular weight is 345 g/mol. The van der Waals surface area contributed by atoms with Gasteiger partial charge in [-0.15, -0.1) is 0 Å². The molecule has 0 radical (unpaired) electrons. The molecular formula is C15H23NO6S. The number of rotatable bonds is 5. The fraction of sp³-hybridized carbons (Fsp3) is 0.867. The Morgan fingerprint density at radius 1 is 1.09 bits per heavy atom. The van der Waals surface area contributed by atoms with E-state index >= 15 is 0 Å². The molecule has 2 saturated carbocycles. The minimum atomic E-state index is -3.32. The van der Waals surface area contributed by atoms with E-state index in [9.17, 15) is 23.1 Å². The van der Waals surface area contributed by atoms with Crippen molar-refractivity contribution in [3.63, 3.8) is 0 Å². The smallest absolute Gasteiger partial charge is 0.307 e. The van der Waals surface area contributed by atoms with E-state index < -0.39 is 32.9 Å². The summed E-state index contributed by atoms with van der Waals surface area (Å²) >= 11 is 0. The maximum atomic E-state index is 12.6. The number of amides is 1. The van der Waals surface area contributed by atoms with E-state index in [0.717, 1.165) is 12.8 Å². The molecule has 0 spiro atoms. The average Bonchev–Trinajstić information content (AvgIpc) is 3.19. The van der Waals surface area contributed by atoms with Crippen molar-refractivity contribution in [2.45, 2.75) is 30.9 Å². The summed E-state index contributed by atoms with van der Waals surface area (Å²) in [5.41, 5.74) is 0. The molecule has 0 aromatic rings. The van der Waals surface area contributed by atoms with Crippen LogP contribution >= 0.6 is 0 Å². The number of morpholine rings is 1. The molecule has 3 aliphatic rings. The van der Waals surface area contributed by atoms with E-state index in [-0.39, 0.29) is 30.4 Å². The first-order valence-electron chi connectivity index (χ1n) is 8.19. The molecule has 130 valence electrons. The van der Waals surface area contributed by atoms with Crippen LogP contribution in [0.25, 0.3) is 0 Å². The summed E-state index contributed by atoms with van der Waals surface area (Å²) in [4.78, 5) is 25.8. The minimum absolute atomic E-state index is 0.0606. The molecule has 0 aromatic heterocycles. The molecule has 23 heavy (non-hydrogen) atoms. The van der Waals surface area contributed by atoms with Crippen molar-refractivity contribution < 1.29 is 27.9 Å². The van der Waals surface area contributed by atoms with Crippen molar-refractivity contribution in [2.75, 3.05) is 32.1 Å². The summed E-state index contributed by atoms with van der Waals surface area (Å²) in [7, 11) is -3.32. The Bertz CT molecular complexity index is 579. The van der Waals surface area contributed by atoms with Gasteiger partial charge in [-0.3, -0.25) is 9.59 Å². The number of aliphatic carboxylic acids is 1. The Labute approximate surface area is 135 Å². The van der Waals surface area contributed by atoms with Crippen LogP contribution in [0.2, 0.25) is 0 Å². The van der Waals surface area contributed by atoms with Crippen molar-refractivity contribution in [2.24, 2.45) is 17.8 Å². The summed E-state index contributed by atoms with van der Waals surface area (Å²) in [6.45, 7) is 1.78. The van der Waals surface area contributed by atoms with E-state index in [0.29, 0.717) is 26.3 Å². The van der Waals surface area contributed by atoms with Gasteiger partial charge in [-0.1, -0.05) is 0 Å². The molecular weight excluding hydrogens is 322 g/mol. The molecule has 1 aliphatic heterocycles. The molecule has 0 aromatic carbocycles. The van der Waals surface area contributed by atoms with E-state index in [2.05, 4.69) is 0 Å². The summed E-state index contributed by atoms with van der Waals surface area (Å²) in [5, 5.41) is 8.72. The topological polar surface area (TPSA) is 101 Å². The van der Waals surface area contributed by atoms with Gasteiger partial charge in [0.15, 0.2) is 9.84 Å². The Kier molecular flexibility index (Phi) is 4.64. The number of carbonyl (C=O) groups excluding carboxylic acids is 1. The molecule has 1 amide bonds. The lowest BCUT2D eigenvalue weighted by Gasteiger charge is -2.30. The number of ether oxygens (including phenoxy) is 1. The third-order valence-electron chi connectivity index (χ3n) is 5.15. The van der Waals surface area contributed by atoms with Crippen molar-refractivity contribution in [1.82, 2.24) is 4.90 Å². The highest BCUT2D eigenvalue weighted by Gasteiger charge is 2.49. The fourth-order valence-corrected chi connectivity index (χ4v) is 5.86. The van der Waals surface area contributed by atoms with Crippen molar-refractivity contribution in [1.29, 1.82) is 0 Å². The highest BCUT2D eigenvalue weighted by Crippen LogP contribution is 2.40. The lowest BCUT2D eigenvalue weighted by Crippen LogP contribution is -2.45. The molecule has 7 nitrogen and oxygen atoms in total. The first-order chi connectivity index (χ1) is 10.9. The van der Waals surface area contributed by atoms with Gasteiger partial charge in [0.25, 0.3) is 0 Å². The van der Waals surface area contributed by atoms with E-state index in [1.165, 1.54) is 0 Å². The van der Waals surface area contributed by atoms with Gasteiger partial charge in [0.1, 0.15) is 0 Å². The molecule has 1 heterocycles. The fourth-order valence-electron chi connectivity index (χ4n) is 3.60. The van der Waals surface area contributed by atoms with Crippen LogP contribution in [0.15, 0.2) is 0 Å². The maximum absolute atomic E-state index is 12.6. The quantitative estimate of drug-likeness (QED) is 0.761. The van der Waals surface area contributed by atoms with Gasteiger partial charge in [-0.2, -0.15) is 0 Å². The Morgan fingerprint density at radius 2 is 1.70 bits per heavy atom. The van der Waals surface area contributed by atoms with Crippen molar-refractivity contribution in [3.05, 3.63) is 0 Å². The third-order valence-corrected chi connectivity index (χ3v) is 7.49. The number of hydrogen-bond donors (Lipinski definition) is 1. The number of hydrogen-bond acceptors (Lipinski definition) is 5. The number of carboxylic acid groups (broad SMARTS) is 1. The summed E-state index contributed by atoms with van der Waals surface area (Å²) < 4.78 is 30.1. The zero-order valence-corrected chi connectivity index (χ0v) is 13.8. The van der Waals surface area contributed by atoms with Gasteiger partial charge in [-0.05, 0) is 31.6 Å². The Balaban J connectivity index is 1.72. The molecule has 3 rings (SSSR count). The second kappa shape index (κ2) is 6.39. The first kappa shape index (κ1) is 16.7. The largest absolute Gasteiger partial charge is 0.481 e. The van der Waals surface area contributed by atoms with Crippen LogP contribution in [0.1, 0.15) is 25.7 Å². The SMILES string of the molecule is O=C(O)[C@@H]1C[C@H](S(=O)(=O)CC2CC2)C[C@H]1C(=O)N1CCOCC1. The molecule has 1 N–H and O–H groups in total. The molecule has 0 bridgehead atoms. The number of nitrogens with zero attached hydrogens (tertiary/aromatic N) is 1. The van der Waals surface area contributed by atoms with Crippen molar-refractivity contribution >= 4 is 21.7 Å². The van der Waals surface area contributed by atoms with Gasteiger partial charge < -0.3 is 14.7 Å². The Hall–Kier alpha value is -1.15. The van der Waals surface area contributed by atoms with Crippen LogP contribution < -0.4 is 0 Å². The second-order valence-electron chi connectivity index (χ2n) is 6.86. The van der Waals surface area contributed by atoms with Gasteiger partial charge >= 0.3 is 5.97 Å². The first-order valence-corrected chi connectivity index (χ1v) is 9.91. The zero-order valence-electron chi connectivity index (χ0n) is 13.0. The predicted molar refractivity (Wildman–Crippen MR) is 81.5 cm³/mol. The van der Waals surface area contributed by atoms with Crippen LogP contribution in [0.3, 0.4) is 0 Å². The van der Waals surface area contributed by atoms with Crippen molar-refractivity contribution in [3.8, 4) is 0 Å². The van der Waals surface area contributed by atoms with Crippen LogP contribution in [0.5, 0.6) is 0 Å². The lowest BCUT2D eigenvalue weighted by atomic mass is 9.94. The summed E-state index contributed by atoms with van der Waals surface area (Å²) in [6.07, 6.45) is 2.07. The summed E-state index contributed by atoms with van der Waals surface area (Å²) in [5.74, 6) is -2.56. The van der Waals surface area contributed by atoms with E-state index in [1.54, 1.807) is 4.90 Å². The predicted octanol–water partition coefficient (Wildman–Crippen LogP) is 0.149. The molecule has 0 unspecified atom stereocenters. The normalized spacial score (nSPS) is 32.0. The molecule has 1 saturated heterocycles. The highest BCUT2D eigenvalue weighted by atomic mass is 32.2. The number of carbonyl (C=O) groups is 2. The summed E-state index contributed by atoms with van der Waals surface area (Å²) in [6, 6.07) is 0. The molecule has 3 atom stereocenters. The van der Waals surface area contributed by atoms with Gasteiger partial charge in [-0.25, -0.2) is 8.42 Å². The van der Waals surface area contributed by atoms with Gasteiger partial charge in [0.2, 0.25) is 5.91 Å². The van der Waals surface area contributed by atoms with Gasteiger partial charge in [0, 0.05) is 13.1 Å². The molecule has 3 fully saturated rings. The monoisotopic (exact) mass is 345 g/mol. The van der Waals surface area contributed by atoms with Crippen LogP contribution in [-0.4, -0.2) is 67.6 Å². The number of carboxylic acids is 1. The maximum Gasteiger partial charge on any atom is 0.307 e. The Morgan fingerprint density at radius 3 is 2.26 bits per heavy atom. The van der Waals surface area contributed by atoms with Crippen LogP contribution in [0, 0.1) is 17.8 Å². The van der Waals surface area contributed by atoms with E-state index in [1.807, 2.05) is 0 Å². The zero-order chi connectivity index (χ0) is 16.6. The minimum Gasteiger partial charge on any atom is -0.481 e. The number of sulfone groups is 1. The molecule has 2 aliphatic carbocycles. The van der Waals surface area contributed by atoms with Crippen LogP contribution in [-0.2, 0) is 24.2 Å². The van der Waals surface area contributed by atoms with E-state index in [4.69, 9.17) is 4.74 Å². The van der Waals surface area contributed by atoms with Gasteiger partial charge in [0.05, 0.1) is 36.1 Å². The third kappa shape index (κ3) is 3.68. The lowest BCUT2D eigenvalue weighted by molar-refractivity contribution is -0.150.